The zero-order valence-corrected chi connectivity index (χ0v) is 8.32. The Labute approximate surface area is 83.6 Å². The molecular weight excluding hydrogens is 176 g/mol. The van der Waals surface area contributed by atoms with Gasteiger partial charge < -0.3 is 4.42 Å². The standard InChI is InChI=1S/C12H14O2/c1-9-4-2-5-10(12(9)13)8-11-6-3-7-14-11/h3,6-9H,2,4-5H2,1H3/b10-8-. The molecule has 1 unspecified atom stereocenters. The van der Waals surface area contributed by atoms with E-state index in [2.05, 4.69) is 0 Å². The Morgan fingerprint density at radius 3 is 3.14 bits per heavy atom. The highest BCUT2D eigenvalue weighted by Gasteiger charge is 2.22. The molecule has 0 spiro atoms. The van der Waals surface area contributed by atoms with Crippen molar-refractivity contribution in [3.8, 4) is 0 Å². The van der Waals surface area contributed by atoms with Crippen LogP contribution in [0.5, 0.6) is 0 Å². The van der Waals surface area contributed by atoms with Gasteiger partial charge in [0, 0.05) is 5.92 Å². The van der Waals surface area contributed by atoms with E-state index in [1.54, 1.807) is 6.26 Å². The molecule has 1 aliphatic rings. The van der Waals surface area contributed by atoms with Crippen LogP contribution < -0.4 is 0 Å². The van der Waals surface area contributed by atoms with Gasteiger partial charge in [-0.05, 0) is 43.0 Å². The number of carbonyl (C=O) groups excluding carboxylic acids is 1. The van der Waals surface area contributed by atoms with E-state index in [1.807, 2.05) is 25.1 Å². The van der Waals surface area contributed by atoms with E-state index < -0.39 is 0 Å². The Morgan fingerprint density at radius 1 is 1.57 bits per heavy atom. The minimum absolute atomic E-state index is 0.185. The van der Waals surface area contributed by atoms with Crippen molar-refractivity contribution in [1.82, 2.24) is 0 Å². The summed E-state index contributed by atoms with van der Waals surface area (Å²) in [7, 11) is 0. The first kappa shape index (κ1) is 9.25. The Kier molecular flexibility index (Phi) is 2.53. The maximum absolute atomic E-state index is 11.7. The summed E-state index contributed by atoms with van der Waals surface area (Å²) >= 11 is 0. The number of ketones is 1. The van der Waals surface area contributed by atoms with Crippen LogP contribution in [0.4, 0.5) is 0 Å². The predicted octanol–water partition coefficient (Wildman–Crippen LogP) is 3.05. The first-order valence-electron chi connectivity index (χ1n) is 5.05. The number of furan rings is 1. The molecule has 0 N–H and O–H groups in total. The van der Waals surface area contributed by atoms with Crippen LogP contribution in [0.1, 0.15) is 31.9 Å². The average molecular weight is 190 g/mol. The first-order chi connectivity index (χ1) is 6.77. The molecule has 2 heteroatoms. The smallest absolute Gasteiger partial charge is 0.161 e. The van der Waals surface area contributed by atoms with E-state index in [0.717, 1.165) is 30.6 Å². The fourth-order valence-electron chi connectivity index (χ4n) is 1.86. The Balaban J connectivity index is 2.21. The largest absolute Gasteiger partial charge is 0.465 e. The summed E-state index contributed by atoms with van der Waals surface area (Å²) < 4.78 is 5.19. The molecule has 1 aromatic heterocycles. The SMILES string of the molecule is CC1CCC/C(=C/c2ccco2)C1=O. The third-order valence-electron chi connectivity index (χ3n) is 2.71. The number of Topliss-reactive ketones (excluding diaryl/α,β-unsaturated/α-hetero) is 1. The number of carbonyl (C=O) groups is 1. The van der Waals surface area contributed by atoms with Crippen LogP contribution in [-0.4, -0.2) is 5.78 Å². The first-order valence-corrected chi connectivity index (χ1v) is 5.05. The minimum Gasteiger partial charge on any atom is -0.465 e. The van der Waals surface area contributed by atoms with Crippen molar-refractivity contribution in [2.45, 2.75) is 26.2 Å². The zero-order chi connectivity index (χ0) is 9.97. The molecule has 1 aliphatic carbocycles. The van der Waals surface area contributed by atoms with Gasteiger partial charge in [-0.2, -0.15) is 0 Å². The summed E-state index contributed by atoms with van der Waals surface area (Å²) in [6.07, 6.45) is 6.53. The Hall–Kier alpha value is -1.31. The van der Waals surface area contributed by atoms with Gasteiger partial charge in [-0.25, -0.2) is 0 Å². The molecule has 2 nitrogen and oxygen atoms in total. The lowest BCUT2D eigenvalue weighted by Gasteiger charge is -2.18. The molecule has 2 rings (SSSR count). The second-order valence-corrected chi connectivity index (χ2v) is 3.84. The van der Waals surface area contributed by atoms with E-state index in [9.17, 15) is 4.79 Å². The van der Waals surface area contributed by atoms with E-state index in [-0.39, 0.29) is 11.7 Å². The lowest BCUT2D eigenvalue weighted by Crippen LogP contribution is -2.18. The summed E-state index contributed by atoms with van der Waals surface area (Å²) in [4.78, 5) is 11.7. The van der Waals surface area contributed by atoms with Crippen molar-refractivity contribution in [3.63, 3.8) is 0 Å². The topological polar surface area (TPSA) is 30.2 Å². The number of hydrogen-bond donors (Lipinski definition) is 0. The van der Waals surface area contributed by atoms with Crippen molar-refractivity contribution in [3.05, 3.63) is 29.7 Å². The molecule has 0 amide bonds. The van der Waals surface area contributed by atoms with Crippen LogP contribution in [0.25, 0.3) is 6.08 Å². The predicted molar refractivity (Wildman–Crippen MR) is 54.7 cm³/mol. The monoisotopic (exact) mass is 190 g/mol. The third-order valence-corrected chi connectivity index (χ3v) is 2.71. The van der Waals surface area contributed by atoms with Crippen molar-refractivity contribution < 1.29 is 9.21 Å². The second kappa shape index (κ2) is 3.82. The van der Waals surface area contributed by atoms with E-state index in [1.165, 1.54) is 0 Å². The van der Waals surface area contributed by atoms with E-state index in [4.69, 9.17) is 4.42 Å². The fraction of sp³-hybridized carbons (Fsp3) is 0.417. The van der Waals surface area contributed by atoms with Gasteiger partial charge in [0.1, 0.15) is 5.76 Å². The van der Waals surface area contributed by atoms with Crippen molar-refractivity contribution in [1.29, 1.82) is 0 Å². The summed E-state index contributed by atoms with van der Waals surface area (Å²) in [6, 6.07) is 3.71. The second-order valence-electron chi connectivity index (χ2n) is 3.84. The van der Waals surface area contributed by atoms with Gasteiger partial charge in [0.25, 0.3) is 0 Å². The average Bonchev–Trinajstić information content (AvgIpc) is 2.66. The molecule has 74 valence electrons. The number of allylic oxidation sites excluding steroid dienone is 1. The van der Waals surface area contributed by atoms with Crippen LogP contribution in [0.2, 0.25) is 0 Å². The molecule has 1 saturated carbocycles. The summed E-state index contributed by atoms with van der Waals surface area (Å²) in [6.45, 7) is 2.00. The summed E-state index contributed by atoms with van der Waals surface area (Å²) in [5, 5.41) is 0. The molecule has 0 aliphatic heterocycles. The highest BCUT2D eigenvalue weighted by molar-refractivity contribution is 6.01. The summed E-state index contributed by atoms with van der Waals surface area (Å²) in [5.74, 6) is 1.25. The molecule has 0 bridgehead atoms. The Bertz CT molecular complexity index is 346. The quantitative estimate of drug-likeness (QED) is 0.637. The van der Waals surface area contributed by atoms with Gasteiger partial charge in [0.15, 0.2) is 5.78 Å². The highest BCUT2D eigenvalue weighted by Crippen LogP contribution is 2.26. The van der Waals surface area contributed by atoms with Gasteiger partial charge in [0.2, 0.25) is 0 Å². The van der Waals surface area contributed by atoms with E-state index >= 15 is 0 Å². The van der Waals surface area contributed by atoms with Gasteiger partial charge in [0.05, 0.1) is 6.26 Å². The van der Waals surface area contributed by atoms with Gasteiger partial charge in [-0.3, -0.25) is 4.79 Å². The highest BCUT2D eigenvalue weighted by atomic mass is 16.3. The number of rotatable bonds is 1. The van der Waals surface area contributed by atoms with Crippen LogP contribution >= 0.6 is 0 Å². The molecule has 0 saturated heterocycles. The van der Waals surface area contributed by atoms with Gasteiger partial charge >= 0.3 is 0 Å². The van der Waals surface area contributed by atoms with Crippen LogP contribution in [0.3, 0.4) is 0 Å². The van der Waals surface area contributed by atoms with Crippen molar-refractivity contribution >= 4 is 11.9 Å². The van der Waals surface area contributed by atoms with Crippen molar-refractivity contribution in [2.75, 3.05) is 0 Å². The summed E-state index contributed by atoms with van der Waals surface area (Å²) in [5.41, 5.74) is 0.915. The maximum atomic E-state index is 11.7. The molecule has 1 heterocycles. The molecular formula is C12H14O2. The molecule has 0 radical (unpaired) electrons. The third kappa shape index (κ3) is 1.79. The Morgan fingerprint density at radius 2 is 2.43 bits per heavy atom. The lowest BCUT2D eigenvalue weighted by molar-refractivity contribution is -0.119. The maximum Gasteiger partial charge on any atom is 0.161 e. The fourth-order valence-corrected chi connectivity index (χ4v) is 1.86. The number of hydrogen-bond acceptors (Lipinski definition) is 2. The van der Waals surface area contributed by atoms with Crippen LogP contribution in [-0.2, 0) is 4.79 Å². The molecule has 1 atom stereocenters. The normalized spacial score (nSPS) is 25.6. The van der Waals surface area contributed by atoms with Crippen LogP contribution in [0, 0.1) is 5.92 Å². The minimum atomic E-state index is 0.185. The van der Waals surface area contributed by atoms with Crippen molar-refractivity contribution in [2.24, 2.45) is 5.92 Å². The van der Waals surface area contributed by atoms with Crippen LogP contribution in [0.15, 0.2) is 28.4 Å². The van der Waals surface area contributed by atoms with E-state index in [0.29, 0.717) is 0 Å². The molecule has 1 aromatic rings. The van der Waals surface area contributed by atoms with Gasteiger partial charge in [-0.1, -0.05) is 6.92 Å². The lowest BCUT2D eigenvalue weighted by atomic mass is 9.85. The van der Waals surface area contributed by atoms with Gasteiger partial charge in [-0.15, -0.1) is 0 Å². The zero-order valence-electron chi connectivity index (χ0n) is 8.32. The molecule has 14 heavy (non-hydrogen) atoms. The molecule has 0 aromatic carbocycles. The molecule has 1 fully saturated rings.